The largest absolute Gasteiger partial charge is 0.466 e. The highest BCUT2D eigenvalue weighted by Crippen LogP contribution is 2.09. The van der Waals surface area contributed by atoms with Gasteiger partial charge in [-0.05, 0) is 0 Å². The van der Waals surface area contributed by atoms with Crippen molar-refractivity contribution in [3.63, 3.8) is 0 Å². The van der Waals surface area contributed by atoms with Gasteiger partial charge in [0, 0.05) is 50.3 Å². The average molecular weight is 923 g/mol. The van der Waals surface area contributed by atoms with Crippen LogP contribution in [-0.4, -0.2) is 201 Å². The van der Waals surface area contributed by atoms with Crippen molar-refractivity contribution in [1.82, 2.24) is 0 Å². The highest BCUT2D eigenvalue weighted by molar-refractivity contribution is 5.93. The Labute approximate surface area is 374 Å². The quantitative estimate of drug-likeness (QED) is 0.0399. The highest BCUT2D eigenvalue weighted by atomic mass is 16.6. The van der Waals surface area contributed by atoms with Crippen LogP contribution in [0.25, 0.3) is 0 Å². The Hall–Kier alpha value is -6.20. The molecular weight excluding hydrogens is 856 g/mol. The van der Waals surface area contributed by atoms with E-state index in [1.165, 1.54) is 13.8 Å². The number of quaternary nitrogens is 2. The summed E-state index contributed by atoms with van der Waals surface area (Å²) in [6.07, 6.45) is 0.583. The Bertz CT molecular complexity index is 1610. The Balaban J connectivity index is -0.000000563. The Morgan fingerprint density at radius 3 is 1.08 bits per heavy atom. The van der Waals surface area contributed by atoms with E-state index in [9.17, 15) is 53.1 Å². The average Bonchev–Trinajstić information content (AvgIpc) is 3.15. The van der Waals surface area contributed by atoms with Gasteiger partial charge in [-0.25, -0.2) is 28.8 Å². The zero-order chi connectivity index (χ0) is 48.1. The van der Waals surface area contributed by atoms with Crippen molar-refractivity contribution in [3.8, 4) is 0 Å². The van der Waals surface area contributed by atoms with Crippen LogP contribution in [0, 0.1) is 14.9 Å². The van der Waals surface area contributed by atoms with Crippen LogP contribution in [0.1, 0.15) is 26.7 Å². The van der Waals surface area contributed by atoms with Crippen LogP contribution in [0.4, 0.5) is 0 Å². The first kappa shape index (κ1) is 64.4. The first-order chi connectivity index (χ1) is 28.7. The number of aliphatic hydroxyl groups is 1. The molecule has 366 valence electrons. The molecule has 0 amide bonds. The highest BCUT2D eigenvalue weighted by Gasteiger charge is 2.27. The molecule has 1 N–H and O–H groups in total. The number of methoxy groups -OCH3 is 3. The third-order valence-electron chi connectivity index (χ3n) is 6.61. The van der Waals surface area contributed by atoms with Gasteiger partial charge in [-0.1, -0.05) is 0 Å². The maximum atomic E-state index is 12.3. The molecule has 0 aliphatic carbocycles. The second kappa shape index (κ2) is 34.3. The molecule has 0 aromatic heterocycles. The molecule has 0 saturated carbocycles. The van der Waals surface area contributed by atoms with E-state index in [4.69, 9.17) is 28.4 Å². The van der Waals surface area contributed by atoms with Crippen molar-refractivity contribution in [1.29, 1.82) is 0 Å². The predicted molar refractivity (Wildman–Crippen MR) is 222 cm³/mol. The van der Waals surface area contributed by atoms with Gasteiger partial charge in [0.15, 0.2) is 18.3 Å². The van der Waals surface area contributed by atoms with Crippen LogP contribution in [0.5, 0.6) is 0 Å². The summed E-state index contributed by atoms with van der Waals surface area (Å²) in [5.74, 6) is -7.62. The number of aliphatic hydroxyl groups excluding tert-OH is 1. The van der Waals surface area contributed by atoms with Crippen molar-refractivity contribution in [2.75, 3.05) is 103 Å². The van der Waals surface area contributed by atoms with E-state index in [1.807, 2.05) is 42.3 Å². The van der Waals surface area contributed by atoms with Gasteiger partial charge in [0.1, 0.15) is 45.6 Å². The number of rotatable bonds is 25. The van der Waals surface area contributed by atoms with Crippen molar-refractivity contribution in [2.24, 2.45) is 0 Å². The summed E-state index contributed by atoms with van der Waals surface area (Å²) in [6, 6.07) is 0. The summed E-state index contributed by atoms with van der Waals surface area (Å²) >= 11 is 0. The minimum atomic E-state index is -1.25. The van der Waals surface area contributed by atoms with Crippen LogP contribution in [0.2, 0.25) is 0 Å². The lowest BCUT2D eigenvalue weighted by atomic mass is 10.2. The van der Waals surface area contributed by atoms with Crippen LogP contribution < -0.4 is 0 Å². The van der Waals surface area contributed by atoms with Crippen LogP contribution in [0.15, 0.2) is 36.5 Å². The summed E-state index contributed by atoms with van der Waals surface area (Å²) in [4.78, 5) is 115. The first-order valence-electron chi connectivity index (χ1n) is 18.4. The number of hydrogen-bond donors (Lipinski definition) is 1. The monoisotopic (exact) mass is 922 g/mol. The summed E-state index contributed by atoms with van der Waals surface area (Å²) in [7, 11) is 14.6. The molecule has 0 aliphatic rings. The minimum absolute atomic E-state index is 0. The van der Waals surface area contributed by atoms with E-state index in [-0.39, 0.29) is 27.7 Å². The molecule has 0 bridgehead atoms. The molecule has 0 radical (unpaired) electrons. The Morgan fingerprint density at radius 1 is 0.438 bits per heavy atom. The normalized spacial score (nSPS) is 12.8. The second-order valence-corrected chi connectivity index (χ2v) is 14.7. The number of esters is 10. The fourth-order valence-corrected chi connectivity index (χ4v) is 4.27. The molecule has 0 heterocycles. The molecule has 0 fully saturated rings. The molecule has 0 saturated heterocycles. The maximum Gasteiger partial charge on any atom is 0.331 e. The van der Waals surface area contributed by atoms with Gasteiger partial charge >= 0.3 is 59.7 Å². The van der Waals surface area contributed by atoms with E-state index in [1.54, 1.807) is 0 Å². The van der Waals surface area contributed by atoms with Crippen molar-refractivity contribution in [3.05, 3.63) is 51.3 Å². The predicted octanol–water partition coefficient (Wildman–Crippen LogP) is -0.438. The zero-order valence-corrected chi connectivity index (χ0v) is 38.9. The van der Waals surface area contributed by atoms with Crippen molar-refractivity contribution < 1.29 is 109 Å². The summed E-state index contributed by atoms with van der Waals surface area (Å²) in [5.41, 5.74) is 0. The van der Waals surface area contributed by atoms with E-state index < -0.39 is 111 Å². The van der Waals surface area contributed by atoms with Gasteiger partial charge in [-0.15, -0.1) is 0 Å². The van der Waals surface area contributed by atoms with Gasteiger partial charge in [-0.2, -0.15) is 0 Å². The second-order valence-electron chi connectivity index (χ2n) is 14.7. The fourth-order valence-electron chi connectivity index (χ4n) is 4.27. The Kier molecular flexibility index (Phi) is 34.5. The number of carbonyl (C=O) groups is 10. The summed E-state index contributed by atoms with van der Waals surface area (Å²) < 4.78 is 48.8. The van der Waals surface area contributed by atoms with Crippen molar-refractivity contribution in [2.45, 2.75) is 51.1 Å². The number of likely N-dealkylation sites (N-methyl/N-ethyl adjacent to an activating group) is 2. The molecule has 0 aromatic carbocycles. The summed E-state index contributed by atoms with van der Waals surface area (Å²) in [5, 5.41) is 9.68. The van der Waals surface area contributed by atoms with Crippen LogP contribution in [0.3, 0.4) is 0 Å². The fraction of sp³-hybridized carbons (Fsp3) is 0.561. The van der Waals surface area contributed by atoms with Gasteiger partial charge in [0.2, 0.25) is 0 Å². The van der Waals surface area contributed by atoms with E-state index in [0.29, 0.717) is 22.1 Å². The van der Waals surface area contributed by atoms with Crippen LogP contribution in [-0.2, 0) is 95.3 Å². The molecule has 23 nitrogen and oxygen atoms in total. The molecule has 64 heavy (non-hydrogen) atoms. The van der Waals surface area contributed by atoms with Crippen molar-refractivity contribution >= 4 is 59.7 Å². The molecule has 23 heteroatoms. The number of nitrogens with zero attached hydrogens (tertiary/aromatic N) is 2. The van der Waals surface area contributed by atoms with Crippen LogP contribution >= 0.6 is 0 Å². The molecular formula is C41H66N2O21. The first-order valence-corrected chi connectivity index (χ1v) is 18.4. The summed E-state index contributed by atoms with van der Waals surface area (Å²) in [6.45, 7) is 1.32. The molecule has 0 rings (SSSR count). The zero-order valence-electron chi connectivity index (χ0n) is 38.9. The van der Waals surface area contributed by atoms with Gasteiger partial charge in [-0.3, -0.25) is 19.2 Å². The topological polar surface area (TPSA) is 283 Å². The van der Waals surface area contributed by atoms with Gasteiger partial charge in [0.05, 0.1) is 76.5 Å². The number of hydrogen-bond acceptors (Lipinski definition) is 21. The smallest absolute Gasteiger partial charge is 0.331 e. The number of ether oxygens (including phenoxy) is 10. The SMILES string of the molecule is COC(=O)/C=C/C(=O)OCC(COC(=O)C[C@H](C[N+](C)(C)C)OC(C)=O)OC(=O)/C=C/C(=O)OC.COC(=O)/C=C/C(=O)OCC(O)COC(=O)C[C@H](C[N+](C)(C)C)OC(C)=O.[CH3-].[CH3-]. The maximum absolute atomic E-state index is 12.3. The molecule has 2 unspecified atom stereocenters. The van der Waals surface area contributed by atoms with Gasteiger partial charge in [0.25, 0.3) is 0 Å². The van der Waals surface area contributed by atoms with E-state index >= 15 is 0 Å². The molecule has 0 aliphatic heterocycles. The third kappa shape index (κ3) is 39.9. The Morgan fingerprint density at radius 2 is 0.734 bits per heavy atom. The lowest BCUT2D eigenvalue weighted by Gasteiger charge is -2.28. The molecule has 0 spiro atoms. The van der Waals surface area contributed by atoms with E-state index in [0.717, 1.165) is 57.8 Å². The molecule has 4 atom stereocenters. The lowest BCUT2D eigenvalue weighted by molar-refractivity contribution is -0.873. The number of carbonyl (C=O) groups excluding carboxylic acids is 10. The minimum Gasteiger partial charge on any atom is -0.466 e. The lowest BCUT2D eigenvalue weighted by Crippen LogP contribution is -2.44. The standard InChI is InChI=1S/C22H32NO12.C17H28NO9.2CH3/c1-15(24)34-16(12-23(2,3)4)11-22(29)33-14-17(35-21(28)10-8-19(26)31-6)13-32-20(27)9-7-18(25)30-5;1-12(19)27-14(9-18(2,3)4)8-17(23)26-11-13(20)10-25-16(22)7-6-15(21)24-5;;/h7-10,16-17H,11-14H2,1-6H3;6-7,13-14,20H,8-11H2,1-5H3;2*1H3/q2*+1;2*-1/b9-7+,10-8+;7-6+;;/t16-,17?;13?,14-;;/m11../s1. The van der Waals surface area contributed by atoms with Gasteiger partial charge < -0.3 is 76.3 Å². The van der Waals surface area contributed by atoms with E-state index in [2.05, 4.69) is 18.9 Å². The molecule has 0 aromatic rings. The third-order valence-corrected chi connectivity index (χ3v) is 6.61.